The topological polar surface area (TPSA) is 70.6 Å². The summed E-state index contributed by atoms with van der Waals surface area (Å²) in [6, 6.07) is 0. The summed E-state index contributed by atoms with van der Waals surface area (Å²) in [4.78, 5) is 22.2. The Morgan fingerprint density at radius 3 is 2.35 bits per heavy atom. The van der Waals surface area contributed by atoms with Crippen LogP contribution in [-0.4, -0.2) is 36.1 Å². The molecule has 0 fully saturated rings. The van der Waals surface area contributed by atoms with E-state index in [4.69, 9.17) is 0 Å². The van der Waals surface area contributed by atoms with E-state index in [1.807, 2.05) is 6.92 Å². The Kier molecular flexibility index (Phi) is 11.3. The highest BCUT2D eigenvalue weighted by Gasteiger charge is 2.01. The molecule has 2 N–H and O–H groups in total. The van der Waals surface area contributed by atoms with Gasteiger partial charge in [-0.25, -0.2) is 5.43 Å². The molecule has 0 saturated carbocycles. The second-order valence-corrected chi connectivity index (χ2v) is 5.72. The third-order valence-electron chi connectivity index (χ3n) is 1.60. The maximum atomic E-state index is 11.1. The first-order valence-corrected chi connectivity index (χ1v) is 7.97. The van der Waals surface area contributed by atoms with Crippen molar-refractivity contribution in [2.45, 2.75) is 26.7 Å². The Bertz CT molecular complexity index is 269. The Labute approximate surface area is 113 Å². The smallest absolute Gasteiger partial charge is 0.240 e. The van der Waals surface area contributed by atoms with Gasteiger partial charge in [0, 0.05) is 40.0 Å². The molecule has 0 heterocycles. The van der Waals surface area contributed by atoms with Gasteiger partial charge in [0.1, 0.15) is 0 Å². The highest BCUT2D eigenvalue weighted by Crippen LogP contribution is 2.22. The molecule has 0 aliphatic heterocycles. The molecule has 5 nitrogen and oxygen atoms in total. The number of hydrogen-bond acceptors (Lipinski definition) is 5. The van der Waals surface area contributed by atoms with Crippen molar-refractivity contribution in [1.29, 1.82) is 0 Å². The summed E-state index contributed by atoms with van der Waals surface area (Å²) in [6.45, 7) is 4.32. The lowest BCUT2D eigenvalue weighted by Gasteiger charge is -2.02. The van der Waals surface area contributed by atoms with E-state index < -0.39 is 0 Å². The molecule has 0 saturated heterocycles. The fourth-order valence-corrected chi connectivity index (χ4v) is 2.84. The van der Waals surface area contributed by atoms with E-state index in [-0.39, 0.29) is 14.7 Å². The zero-order valence-corrected chi connectivity index (χ0v) is 11.8. The average molecular weight is 281 g/mol. The number of hydrazone groups is 1. The number of nitrogens with zero attached hydrogens (tertiary/aromatic N) is 1. The van der Waals surface area contributed by atoms with Crippen LogP contribution < -0.4 is 10.7 Å². The fraction of sp³-hybridized carbons (Fsp3) is 0.700. The van der Waals surface area contributed by atoms with Crippen LogP contribution in [0.4, 0.5) is 0 Å². The van der Waals surface area contributed by atoms with Crippen LogP contribution in [0, 0.1) is 0 Å². The summed E-state index contributed by atoms with van der Waals surface area (Å²) in [5.74, 6) is 1.49. The van der Waals surface area contributed by atoms with Crippen molar-refractivity contribution in [2.24, 2.45) is 5.10 Å². The van der Waals surface area contributed by atoms with Crippen molar-refractivity contribution in [1.82, 2.24) is 10.7 Å². The molecule has 0 rings (SSSR count). The van der Waals surface area contributed by atoms with Crippen LogP contribution in [0.3, 0.4) is 0 Å². The molecular formula is C10H23N3O2S2. The van der Waals surface area contributed by atoms with E-state index >= 15 is 0 Å². The molecule has 0 radical (unpaired) electrons. The number of carbonyl (C=O) groups is 2. The van der Waals surface area contributed by atoms with Gasteiger partial charge in [-0.15, -0.1) is 0 Å². The molecule has 0 aromatic heterocycles. The molecule has 0 spiro atoms. The van der Waals surface area contributed by atoms with Crippen molar-refractivity contribution in [3.63, 3.8) is 0 Å². The van der Waals surface area contributed by atoms with Gasteiger partial charge in [0.25, 0.3) is 0 Å². The minimum absolute atomic E-state index is 0. The second-order valence-electron chi connectivity index (χ2n) is 3.02. The van der Waals surface area contributed by atoms with E-state index in [0.717, 1.165) is 11.5 Å². The van der Waals surface area contributed by atoms with Gasteiger partial charge in [0.15, 0.2) is 0 Å². The van der Waals surface area contributed by atoms with Gasteiger partial charge in [0.05, 0.1) is 0 Å². The van der Waals surface area contributed by atoms with E-state index in [9.17, 15) is 9.59 Å². The first kappa shape index (κ1) is 16.3. The van der Waals surface area contributed by atoms with Crippen molar-refractivity contribution in [3.8, 4) is 0 Å². The zero-order valence-electron chi connectivity index (χ0n) is 10.2. The SMILES string of the molecule is C/C=N/NC(=O)CCSSCCC(=O)NCC.[HH].[HH]. The third-order valence-corrected chi connectivity index (χ3v) is 4.01. The lowest BCUT2D eigenvalue weighted by molar-refractivity contribution is -0.121. The molecule has 0 aromatic carbocycles. The number of rotatable bonds is 9. The number of nitrogens with one attached hydrogen (secondary N) is 2. The van der Waals surface area contributed by atoms with Crippen molar-refractivity contribution < 1.29 is 12.4 Å². The van der Waals surface area contributed by atoms with Gasteiger partial charge in [-0.3, -0.25) is 9.59 Å². The van der Waals surface area contributed by atoms with Gasteiger partial charge in [-0.05, 0) is 13.8 Å². The minimum Gasteiger partial charge on any atom is -0.356 e. The minimum atomic E-state index is -0.0834. The van der Waals surface area contributed by atoms with Crippen LogP contribution >= 0.6 is 21.6 Å². The Morgan fingerprint density at radius 1 is 1.24 bits per heavy atom. The molecule has 0 atom stereocenters. The average Bonchev–Trinajstić information content (AvgIpc) is 2.31. The monoisotopic (exact) mass is 281 g/mol. The molecule has 0 aromatic rings. The molecular weight excluding hydrogens is 258 g/mol. The van der Waals surface area contributed by atoms with Gasteiger partial charge < -0.3 is 5.32 Å². The molecule has 17 heavy (non-hydrogen) atoms. The number of carbonyl (C=O) groups excluding carboxylic acids is 2. The van der Waals surface area contributed by atoms with Crippen molar-refractivity contribution in [2.75, 3.05) is 18.1 Å². The van der Waals surface area contributed by atoms with Gasteiger partial charge in [-0.2, -0.15) is 5.10 Å². The molecule has 2 amide bonds. The number of hydrogen-bond donors (Lipinski definition) is 2. The highest BCUT2D eigenvalue weighted by atomic mass is 33.1. The molecule has 0 aliphatic carbocycles. The number of amides is 2. The van der Waals surface area contributed by atoms with E-state index in [1.165, 1.54) is 6.21 Å². The van der Waals surface area contributed by atoms with Crippen LogP contribution in [0.25, 0.3) is 0 Å². The van der Waals surface area contributed by atoms with Gasteiger partial charge in [-0.1, -0.05) is 21.6 Å². The third kappa shape index (κ3) is 11.6. The molecule has 0 bridgehead atoms. The van der Waals surface area contributed by atoms with Crippen molar-refractivity contribution in [3.05, 3.63) is 0 Å². The van der Waals surface area contributed by atoms with Crippen LogP contribution in [0.15, 0.2) is 5.10 Å². The fourth-order valence-electron chi connectivity index (χ4n) is 0.865. The summed E-state index contributed by atoms with van der Waals surface area (Å²) < 4.78 is 0. The predicted octanol–water partition coefficient (Wildman–Crippen LogP) is 1.90. The Balaban J connectivity index is -0.00000128. The summed E-state index contributed by atoms with van der Waals surface area (Å²) in [6.07, 6.45) is 2.50. The summed E-state index contributed by atoms with van der Waals surface area (Å²) in [5, 5.41) is 6.37. The van der Waals surface area contributed by atoms with Crippen LogP contribution in [-0.2, 0) is 9.59 Å². The molecule has 102 valence electrons. The maximum Gasteiger partial charge on any atom is 0.240 e. The van der Waals surface area contributed by atoms with Gasteiger partial charge >= 0.3 is 0 Å². The summed E-state index contributed by atoms with van der Waals surface area (Å²) >= 11 is 0. The first-order chi connectivity index (χ1) is 8.20. The Morgan fingerprint density at radius 2 is 1.82 bits per heavy atom. The maximum absolute atomic E-state index is 11.1. The summed E-state index contributed by atoms with van der Waals surface area (Å²) in [5.41, 5.74) is 2.40. The normalized spacial score (nSPS) is 10.5. The second kappa shape index (κ2) is 11.8. The molecule has 0 unspecified atom stereocenters. The lowest BCUT2D eigenvalue weighted by atomic mass is 10.4. The first-order valence-electron chi connectivity index (χ1n) is 5.48. The quantitative estimate of drug-likeness (QED) is 0.293. The largest absolute Gasteiger partial charge is 0.356 e. The van der Waals surface area contributed by atoms with E-state index in [0.29, 0.717) is 19.4 Å². The van der Waals surface area contributed by atoms with Crippen LogP contribution in [0.5, 0.6) is 0 Å². The predicted molar refractivity (Wildman–Crippen MR) is 79.4 cm³/mol. The van der Waals surface area contributed by atoms with E-state index in [1.54, 1.807) is 28.5 Å². The van der Waals surface area contributed by atoms with Crippen molar-refractivity contribution >= 4 is 39.6 Å². The lowest BCUT2D eigenvalue weighted by Crippen LogP contribution is -2.22. The van der Waals surface area contributed by atoms with Gasteiger partial charge in [0.2, 0.25) is 11.8 Å². The standard InChI is InChI=1S/C10H19N3O2S2.2H2/c1-3-11-9(14)5-7-16-17-8-6-10(15)13-12-4-2;;/h4H,3,5-8H2,1-2H3,(H,11,14)(H,13,15);2*1H/b12-4+;;. The zero-order chi connectivity index (χ0) is 12.9. The molecule has 0 aliphatic rings. The molecule has 7 heteroatoms. The van der Waals surface area contributed by atoms with Crippen LogP contribution in [0.1, 0.15) is 29.5 Å². The van der Waals surface area contributed by atoms with E-state index in [2.05, 4.69) is 15.8 Å². The summed E-state index contributed by atoms with van der Waals surface area (Å²) in [7, 11) is 3.21. The Hall–Kier alpha value is -0.690. The van der Waals surface area contributed by atoms with Crippen LogP contribution in [0.2, 0.25) is 0 Å². The highest BCUT2D eigenvalue weighted by molar-refractivity contribution is 8.76.